The minimum atomic E-state index is 0.802. The van der Waals surface area contributed by atoms with Crippen molar-refractivity contribution in [2.24, 2.45) is 0 Å². The molecule has 1 aromatic heterocycles. The molecule has 0 aliphatic rings. The van der Waals surface area contributed by atoms with Crippen LogP contribution in [0.15, 0.2) is 91.0 Å². The summed E-state index contributed by atoms with van der Waals surface area (Å²) in [6.07, 6.45) is 0. The van der Waals surface area contributed by atoms with Gasteiger partial charge < -0.3 is 4.57 Å². The topological polar surface area (TPSA) is 4.93 Å². The van der Waals surface area contributed by atoms with E-state index >= 15 is 0 Å². The fourth-order valence-electron chi connectivity index (χ4n) is 3.26. The van der Waals surface area contributed by atoms with Crippen molar-refractivity contribution in [2.75, 3.05) is 0 Å². The standard InChI is InChI=1S/C25H21NS/c1-18-8-12-20(13-9-18)22-16-24(21-6-4-3-5-7-21)26(25(27)17-22)23-14-10-19(2)11-15-23/h3-17H,1-2H3. The van der Waals surface area contributed by atoms with Crippen molar-refractivity contribution in [3.05, 3.63) is 107 Å². The Morgan fingerprint density at radius 2 is 1.19 bits per heavy atom. The van der Waals surface area contributed by atoms with Crippen LogP contribution in [0.25, 0.3) is 28.1 Å². The molecular weight excluding hydrogens is 346 g/mol. The van der Waals surface area contributed by atoms with Crippen LogP contribution in [0.4, 0.5) is 0 Å². The maximum atomic E-state index is 5.83. The first-order valence-electron chi connectivity index (χ1n) is 9.08. The molecule has 0 saturated carbocycles. The van der Waals surface area contributed by atoms with Crippen LogP contribution in [-0.4, -0.2) is 4.57 Å². The summed E-state index contributed by atoms with van der Waals surface area (Å²) in [5.41, 5.74) is 8.15. The van der Waals surface area contributed by atoms with Crippen molar-refractivity contribution in [2.45, 2.75) is 13.8 Å². The summed E-state index contributed by atoms with van der Waals surface area (Å²) < 4.78 is 2.96. The molecule has 0 saturated heterocycles. The van der Waals surface area contributed by atoms with Crippen LogP contribution in [0.1, 0.15) is 11.1 Å². The van der Waals surface area contributed by atoms with Crippen LogP contribution < -0.4 is 0 Å². The predicted molar refractivity (Wildman–Crippen MR) is 117 cm³/mol. The fraction of sp³-hybridized carbons (Fsp3) is 0.0800. The van der Waals surface area contributed by atoms with E-state index in [-0.39, 0.29) is 0 Å². The molecule has 0 N–H and O–H groups in total. The van der Waals surface area contributed by atoms with Gasteiger partial charge in [0, 0.05) is 5.69 Å². The molecule has 0 bridgehead atoms. The molecule has 0 fully saturated rings. The third-order valence-corrected chi connectivity index (χ3v) is 5.08. The van der Waals surface area contributed by atoms with E-state index in [1.807, 2.05) is 6.07 Å². The molecule has 1 heterocycles. The normalized spacial score (nSPS) is 10.7. The molecule has 4 aromatic rings. The Kier molecular flexibility index (Phi) is 4.74. The van der Waals surface area contributed by atoms with E-state index in [9.17, 15) is 0 Å². The summed E-state index contributed by atoms with van der Waals surface area (Å²) in [5, 5.41) is 0. The number of hydrogen-bond donors (Lipinski definition) is 0. The fourth-order valence-corrected chi connectivity index (χ4v) is 3.59. The Balaban J connectivity index is 1.97. The zero-order valence-corrected chi connectivity index (χ0v) is 16.3. The second-order valence-electron chi connectivity index (χ2n) is 6.87. The molecule has 0 amide bonds. The number of rotatable bonds is 3. The molecule has 0 aliphatic carbocycles. The Labute approximate surface area is 165 Å². The van der Waals surface area contributed by atoms with Gasteiger partial charge in [0.25, 0.3) is 0 Å². The lowest BCUT2D eigenvalue weighted by Crippen LogP contribution is -2.02. The summed E-state index contributed by atoms with van der Waals surface area (Å²) in [4.78, 5) is 0. The van der Waals surface area contributed by atoms with Crippen molar-refractivity contribution >= 4 is 12.2 Å². The number of hydrogen-bond acceptors (Lipinski definition) is 1. The lowest BCUT2D eigenvalue weighted by atomic mass is 10.0. The molecule has 2 heteroatoms. The Morgan fingerprint density at radius 3 is 1.81 bits per heavy atom. The van der Waals surface area contributed by atoms with Crippen LogP contribution in [0.5, 0.6) is 0 Å². The number of benzene rings is 3. The van der Waals surface area contributed by atoms with Crippen molar-refractivity contribution in [1.82, 2.24) is 4.57 Å². The highest BCUT2D eigenvalue weighted by molar-refractivity contribution is 7.71. The monoisotopic (exact) mass is 367 g/mol. The zero-order valence-electron chi connectivity index (χ0n) is 15.5. The highest BCUT2D eigenvalue weighted by Crippen LogP contribution is 2.30. The quantitative estimate of drug-likeness (QED) is 0.348. The van der Waals surface area contributed by atoms with Gasteiger partial charge in [0.2, 0.25) is 0 Å². The molecule has 0 spiro atoms. The molecule has 3 aromatic carbocycles. The van der Waals surface area contributed by atoms with Gasteiger partial charge in [-0.15, -0.1) is 0 Å². The summed E-state index contributed by atoms with van der Waals surface area (Å²) >= 11 is 5.83. The predicted octanol–water partition coefficient (Wildman–Crippen LogP) is 7.16. The van der Waals surface area contributed by atoms with Crippen molar-refractivity contribution in [3.8, 4) is 28.1 Å². The lowest BCUT2D eigenvalue weighted by Gasteiger charge is -2.17. The van der Waals surface area contributed by atoms with Gasteiger partial charge in [-0.2, -0.15) is 0 Å². The largest absolute Gasteiger partial charge is 0.301 e. The third-order valence-electron chi connectivity index (χ3n) is 4.78. The minimum absolute atomic E-state index is 0.802. The first kappa shape index (κ1) is 17.4. The van der Waals surface area contributed by atoms with E-state index in [0.29, 0.717) is 0 Å². The van der Waals surface area contributed by atoms with E-state index in [1.165, 1.54) is 16.7 Å². The Hall–Kier alpha value is -2.97. The highest BCUT2D eigenvalue weighted by atomic mass is 32.1. The average molecular weight is 368 g/mol. The van der Waals surface area contributed by atoms with Crippen molar-refractivity contribution in [3.63, 3.8) is 0 Å². The number of nitrogens with zero attached hydrogens (tertiary/aromatic N) is 1. The summed E-state index contributed by atoms with van der Waals surface area (Å²) in [5.74, 6) is 0. The van der Waals surface area contributed by atoms with Gasteiger partial charge in [-0.3, -0.25) is 0 Å². The van der Waals surface area contributed by atoms with Crippen LogP contribution in [0.2, 0.25) is 0 Å². The number of pyridine rings is 1. The molecule has 4 rings (SSSR count). The number of aromatic nitrogens is 1. The van der Waals surface area contributed by atoms with E-state index in [2.05, 4.69) is 103 Å². The van der Waals surface area contributed by atoms with Gasteiger partial charge in [-0.05, 0) is 54.8 Å². The Bertz CT molecular complexity index is 1120. The third kappa shape index (κ3) is 3.62. The zero-order chi connectivity index (χ0) is 18.8. The second-order valence-corrected chi connectivity index (χ2v) is 7.29. The van der Waals surface area contributed by atoms with E-state index in [0.717, 1.165) is 27.1 Å². The molecule has 0 radical (unpaired) electrons. The molecule has 0 unspecified atom stereocenters. The highest BCUT2D eigenvalue weighted by Gasteiger charge is 2.10. The van der Waals surface area contributed by atoms with Crippen LogP contribution >= 0.6 is 12.2 Å². The molecule has 1 nitrogen and oxygen atoms in total. The number of aryl methyl sites for hydroxylation is 2. The van der Waals surface area contributed by atoms with E-state index in [4.69, 9.17) is 12.2 Å². The molecule has 27 heavy (non-hydrogen) atoms. The van der Waals surface area contributed by atoms with Crippen LogP contribution in [-0.2, 0) is 0 Å². The lowest BCUT2D eigenvalue weighted by molar-refractivity contribution is 1.03. The maximum Gasteiger partial charge on any atom is 0.111 e. The van der Waals surface area contributed by atoms with Gasteiger partial charge in [0.15, 0.2) is 0 Å². The molecule has 0 aliphatic heterocycles. The van der Waals surface area contributed by atoms with Crippen molar-refractivity contribution < 1.29 is 0 Å². The molecular formula is C25H21NS. The summed E-state index contributed by atoms with van der Waals surface area (Å²) in [6, 6.07) is 31.9. The first-order chi connectivity index (χ1) is 13.1. The van der Waals surface area contributed by atoms with Gasteiger partial charge in [-0.25, -0.2) is 0 Å². The van der Waals surface area contributed by atoms with Gasteiger partial charge in [0.1, 0.15) is 4.64 Å². The van der Waals surface area contributed by atoms with Crippen LogP contribution in [0.3, 0.4) is 0 Å². The second kappa shape index (κ2) is 7.34. The summed E-state index contributed by atoms with van der Waals surface area (Å²) in [7, 11) is 0. The average Bonchev–Trinajstić information content (AvgIpc) is 2.69. The van der Waals surface area contributed by atoms with Gasteiger partial charge in [0.05, 0.1) is 5.69 Å². The van der Waals surface area contributed by atoms with Crippen LogP contribution in [0, 0.1) is 18.5 Å². The van der Waals surface area contributed by atoms with E-state index < -0.39 is 0 Å². The van der Waals surface area contributed by atoms with Gasteiger partial charge >= 0.3 is 0 Å². The summed E-state index contributed by atoms with van der Waals surface area (Å²) in [6.45, 7) is 4.20. The molecule has 0 atom stereocenters. The Morgan fingerprint density at radius 1 is 0.593 bits per heavy atom. The smallest absolute Gasteiger partial charge is 0.111 e. The first-order valence-corrected chi connectivity index (χ1v) is 9.49. The van der Waals surface area contributed by atoms with Gasteiger partial charge in [-0.1, -0.05) is 90.1 Å². The SMILES string of the molecule is Cc1ccc(-c2cc(-c3ccccc3)n(-c3ccc(C)cc3)c(=S)c2)cc1. The maximum absolute atomic E-state index is 5.83. The molecule has 132 valence electrons. The van der Waals surface area contributed by atoms with Crippen molar-refractivity contribution in [1.29, 1.82) is 0 Å². The minimum Gasteiger partial charge on any atom is -0.301 e. The van der Waals surface area contributed by atoms with E-state index in [1.54, 1.807) is 0 Å².